The van der Waals surface area contributed by atoms with Crippen molar-refractivity contribution < 1.29 is 23.8 Å². The van der Waals surface area contributed by atoms with E-state index in [1.807, 2.05) is 34.6 Å². The third-order valence-electron chi connectivity index (χ3n) is 5.88. The predicted octanol–water partition coefficient (Wildman–Crippen LogP) is 5.54. The molecule has 2 atom stereocenters. The molecule has 1 fully saturated rings. The van der Waals surface area contributed by atoms with Crippen molar-refractivity contribution in [3.05, 3.63) is 11.3 Å². The van der Waals surface area contributed by atoms with Gasteiger partial charge in [0.2, 0.25) is 0 Å². The van der Waals surface area contributed by atoms with Gasteiger partial charge in [-0.1, -0.05) is 46.1 Å². The maximum atomic E-state index is 13.0. The summed E-state index contributed by atoms with van der Waals surface area (Å²) >= 11 is 0. The van der Waals surface area contributed by atoms with Gasteiger partial charge in [-0.2, -0.15) is 0 Å². The van der Waals surface area contributed by atoms with Crippen molar-refractivity contribution in [2.24, 2.45) is 0 Å². The Balaban J connectivity index is 3.24. The zero-order chi connectivity index (χ0) is 24.6. The van der Waals surface area contributed by atoms with Crippen LogP contribution in [0.25, 0.3) is 0 Å². The van der Waals surface area contributed by atoms with Crippen LogP contribution >= 0.6 is 0 Å². The third-order valence-corrected chi connectivity index (χ3v) is 11.6. The summed E-state index contributed by atoms with van der Waals surface area (Å²) in [6.07, 6.45) is -1.36. The first kappa shape index (κ1) is 28.4. The number of aliphatic hydroxyl groups excluding tert-OH is 1. The second-order valence-corrected chi connectivity index (χ2v) is 22.6. The number of rotatable bonds is 6. The molecule has 0 bridgehead atoms. The molecule has 0 radical (unpaired) electrons. The Hall–Kier alpha value is -0.676. The van der Waals surface area contributed by atoms with Gasteiger partial charge in [0.05, 0.1) is 33.4 Å². The highest BCUT2D eigenvalue weighted by atomic mass is 28.4. The van der Waals surface area contributed by atoms with Gasteiger partial charge in [-0.15, -0.1) is 0 Å². The average Bonchev–Trinajstić information content (AvgIpc) is 2.82. The Labute approximate surface area is 192 Å². The average molecular weight is 474 g/mol. The van der Waals surface area contributed by atoms with Gasteiger partial charge < -0.3 is 19.0 Å². The molecule has 0 aromatic heterocycles. The lowest BCUT2D eigenvalue weighted by Gasteiger charge is -2.39. The lowest BCUT2D eigenvalue weighted by molar-refractivity contribution is -0.0666. The number of aliphatic hydroxyl groups is 1. The number of hydrogen-bond donors (Lipinski definition) is 1. The lowest BCUT2D eigenvalue weighted by atomic mass is 10.0. The van der Waals surface area contributed by atoms with E-state index in [2.05, 4.69) is 59.2 Å². The first-order chi connectivity index (χ1) is 13.6. The molecule has 31 heavy (non-hydrogen) atoms. The van der Waals surface area contributed by atoms with Crippen LogP contribution in [0.5, 0.6) is 0 Å². The molecule has 1 rings (SSSR count). The number of carbonyl (C=O) groups excluding carboxylic acids is 1. The maximum Gasteiger partial charge on any atom is 0.413 e. The largest absolute Gasteiger partial charge is 0.444 e. The van der Waals surface area contributed by atoms with Gasteiger partial charge in [0.25, 0.3) is 0 Å². The first-order valence-electron chi connectivity index (χ1n) is 11.3. The first-order valence-corrected chi connectivity index (χ1v) is 17.8. The van der Waals surface area contributed by atoms with E-state index < -0.39 is 46.0 Å². The predicted molar refractivity (Wildman–Crippen MR) is 132 cm³/mol. The summed E-state index contributed by atoms with van der Waals surface area (Å²) in [5.41, 5.74) is 1.54. The molecule has 1 amide bonds. The standard InChI is InChI=1S/C23H47NO5Si2/c1-21(2,3)29-20(26)24-18(15-27-23(24,7)8)19(25)17(16-30(9,10)11)14-28-31(12,13)22(4,5)6/h16,18-19,25H,14-15H2,1-13H3/b17-16-/t18-,19+/m0/s1. The van der Waals surface area contributed by atoms with Crippen molar-refractivity contribution in [3.8, 4) is 0 Å². The van der Waals surface area contributed by atoms with Gasteiger partial charge >= 0.3 is 6.09 Å². The van der Waals surface area contributed by atoms with E-state index in [1.54, 1.807) is 4.90 Å². The highest BCUT2D eigenvalue weighted by molar-refractivity contribution is 6.81. The van der Waals surface area contributed by atoms with E-state index in [-0.39, 0.29) is 11.6 Å². The van der Waals surface area contributed by atoms with Crippen LogP contribution in [0.1, 0.15) is 55.4 Å². The number of hydrogen-bond acceptors (Lipinski definition) is 5. The van der Waals surface area contributed by atoms with Gasteiger partial charge in [0.1, 0.15) is 11.3 Å². The van der Waals surface area contributed by atoms with E-state index in [0.717, 1.165) is 5.57 Å². The molecule has 1 aliphatic rings. The minimum Gasteiger partial charge on any atom is -0.444 e. The fourth-order valence-corrected chi connectivity index (χ4v) is 5.55. The minimum absolute atomic E-state index is 0.0727. The molecule has 6 nitrogen and oxygen atoms in total. The normalized spacial score (nSPS) is 21.9. The Bertz CT molecular complexity index is 669. The molecule has 0 saturated carbocycles. The van der Waals surface area contributed by atoms with Gasteiger partial charge in [0, 0.05) is 0 Å². The summed E-state index contributed by atoms with van der Waals surface area (Å²) in [4.78, 5) is 14.6. The van der Waals surface area contributed by atoms with Crippen molar-refractivity contribution >= 4 is 22.5 Å². The van der Waals surface area contributed by atoms with Crippen molar-refractivity contribution in [2.75, 3.05) is 13.2 Å². The summed E-state index contributed by atoms with van der Waals surface area (Å²) in [6, 6.07) is -0.532. The second kappa shape index (κ2) is 9.29. The molecule has 0 aromatic rings. The number of nitrogens with zero attached hydrogens (tertiary/aromatic N) is 1. The molecule has 1 aliphatic heterocycles. The number of amides is 1. The summed E-state index contributed by atoms with van der Waals surface area (Å²) in [5, 5.41) is 11.6. The molecule has 0 spiro atoms. The van der Waals surface area contributed by atoms with Crippen molar-refractivity contribution in [3.63, 3.8) is 0 Å². The molecule has 0 aliphatic carbocycles. The van der Waals surface area contributed by atoms with Crippen LogP contribution in [0.15, 0.2) is 11.3 Å². The minimum atomic E-state index is -2.00. The van der Waals surface area contributed by atoms with E-state index >= 15 is 0 Å². The Morgan fingerprint density at radius 1 is 1.16 bits per heavy atom. The highest BCUT2D eigenvalue weighted by Crippen LogP contribution is 2.38. The summed E-state index contributed by atoms with van der Waals surface area (Å²) in [5.74, 6) is 0. The number of ether oxygens (including phenoxy) is 2. The van der Waals surface area contributed by atoms with E-state index in [1.165, 1.54) is 0 Å². The van der Waals surface area contributed by atoms with Crippen LogP contribution in [-0.2, 0) is 13.9 Å². The fourth-order valence-electron chi connectivity index (χ4n) is 3.23. The molecule has 1 saturated heterocycles. The van der Waals surface area contributed by atoms with Gasteiger partial charge in [-0.05, 0) is 58.3 Å². The van der Waals surface area contributed by atoms with Crippen LogP contribution in [-0.4, -0.2) is 69.2 Å². The maximum absolute atomic E-state index is 13.0. The molecule has 1 N–H and O–H groups in total. The van der Waals surface area contributed by atoms with E-state index in [4.69, 9.17) is 13.9 Å². The fraction of sp³-hybridized carbons (Fsp3) is 0.870. The summed E-state index contributed by atoms with van der Waals surface area (Å²) < 4.78 is 18.0. The van der Waals surface area contributed by atoms with Gasteiger partial charge in [0.15, 0.2) is 8.32 Å². The van der Waals surface area contributed by atoms with Crippen LogP contribution < -0.4 is 0 Å². The Kier molecular flexibility index (Phi) is 8.50. The zero-order valence-corrected chi connectivity index (χ0v) is 24.2. The number of carbonyl (C=O) groups is 1. The van der Waals surface area contributed by atoms with Crippen LogP contribution in [0.2, 0.25) is 37.8 Å². The van der Waals surface area contributed by atoms with Gasteiger partial charge in [-0.3, -0.25) is 4.90 Å². The second-order valence-electron chi connectivity index (χ2n) is 12.8. The van der Waals surface area contributed by atoms with Crippen molar-refractivity contribution in [1.29, 1.82) is 0 Å². The molecule has 0 unspecified atom stereocenters. The van der Waals surface area contributed by atoms with Crippen molar-refractivity contribution in [2.45, 2.75) is 117 Å². The third kappa shape index (κ3) is 8.00. The van der Waals surface area contributed by atoms with E-state index in [9.17, 15) is 9.90 Å². The zero-order valence-electron chi connectivity index (χ0n) is 22.2. The monoisotopic (exact) mass is 473 g/mol. The van der Waals surface area contributed by atoms with Crippen LogP contribution in [0.3, 0.4) is 0 Å². The van der Waals surface area contributed by atoms with Crippen LogP contribution in [0, 0.1) is 0 Å². The quantitative estimate of drug-likeness (QED) is 0.513. The molecule has 1 heterocycles. The topological polar surface area (TPSA) is 68.2 Å². The lowest BCUT2D eigenvalue weighted by Crippen LogP contribution is -2.54. The summed E-state index contributed by atoms with van der Waals surface area (Å²) in [6.45, 7) is 27.5. The molecule has 0 aromatic carbocycles. The molecule has 8 heteroatoms. The molecular weight excluding hydrogens is 426 g/mol. The van der Waals surface area contributed by atoms with E-state index in [0.29, 0.717) is 6.61 Å². The smallest absolute Gasteiger partial charge is 0.413 e. The van der Waals surface area contributed by atoms with Gasteiger partial charge in [-0.25, -0.2) is 4.79 Å². The molecule has 182 valence electrons. The molecular formula is C23H47NO5Si2. The van der Waals surface area contributed by atoms with Crippen LogP contribution in [0.4, 0.5) is 4.79 Å². The Morgan fingerprint density at radius 3 is 2.10 bits per heavy atom. The summed E-state index contributed by atoms with van der Waals surface area (Å²) in [7, 11) is -3.66. The highest BCUT2D eigenvalue weighted by Gasteiger charge is 2.49. The SMILES string of the molecule is CC(C)(C)OC(=O)N1[C@H]([C@H](O)/C(=C\[Si](C)(C)C)CO[Si](C)(C)C(C)(C)C)COC1(C)C. The van der Waals surface area contributed by atoms with Crippen molar-refractivity contribution in [1.82, 2.24) is 4.90 Å². The Morgan fingerprint density at radius 2 is 1.68 bits per heavy atom.